The van der Waals surface area contributed by atoms with Gasteiger partial charge in [0.05, 0.1) is 4.91 Å². The Labute approximate surface area is 214 Å². The van der Waals surface area contributed by atoms with Crippen molar-refractivity contribution >= 4 is 40.6 Å². The minimum atomic E-state index is -0.497. The topological polar surface area (TPSA) is 84.9 Å². The van der Waals surface area contributed by atoms with Gasteiger partial charge in [0.15, 0.2) is 0 Å². The molecule has 0 spiro atoms. The molecule has 3 aromatic rings. The number of nitrogens with zero attached hydrogens (tertiary/aromatic N) is 1. The highest BCUT2D eigenvalue weighted by Crippen LogP contribution is 2.32. The zero-order chi connectivity index (χ0) is 25.5. The highest BCUT2D eigenvalue weighted by molar-refractivity contribution is 8.18. The quantitative estimate of drug-likeness (QED) is 0.310. The van der Waals surface area contributed by atoms with Gasteiger partial charge in [0.25, 0.3) is 11.1 Å². The van der Waals surface area contributed by atoms with Gasteiger partial charge in [0, 0.05) is 5.69 Å². The highest BCUT2D eigenvalue weighted by atomic mass is 32.2. The second-order valence-electron chi connectivity index (χ2n) is 8.22. The second kappa shape index (κ2) is 11.6. The van der Waals surface area contributed by atoms with Gasteiger partial charge in [-0.15, -0.1) is 0 Å². The smallest absolute Gasteiger partial charge is 0.294 e. The number of anilines is 1. The maximum absolute atomic E-state index is 12.8. The van der Waals surface area contributed by atoms with Gasteiger partial charge in [0.2, 0.25) is 5.91 Å². The van der Waals surface area contributed by atoms with E-state index in [4.69, 9.17) is 9.47 Å². The Morgan fingerprint density at radius 2 is 1.64 bits per heavy atom. The lowest BCUT2D eigenvalue weighted by Crippen LogP contribution is -2.36. The SMILES string of the molecule is Cc1ccc(NC(=O)CN2C(=O)S/C(=C/c3cccc(OCCOc4ccccc4)c3)C2=O)c(C)c1. The van der Waals surface area contributed by atoms with Gasteiger partial charge in [-0.25, -0.2) is 0 Å². The van der Waals surface area contributed by atoms with Gasteiger partial charge in [-0.2, -0.15) is 0 Å². The molecule has 36 heavy (non-hydrogen) atoms. The molecule has 1 aliphatic heterocycles. The first-order valence-corrected chi connectivity index (χ1v) is 12.2. The summed E-state index contributed by atoms with van der Waals surface area (Å²) in [5.41, 5.74) is 3.35. The minimum Gasteiger partial charge on any atom is -0.490 e. The molecule has 1 N–H and O–H groups in total. The zero-order valence-corrected chi connectivity index (χ0v) is 20.8. The summed E-state index contributed by atoms with van der Waals surface area (Å²) in [7, 11) is 0. The summed E-state index contributed by atoms with van der Waals surface area (Å²) in [4.78, 5) is 39.0. The number of carbonyl (C=O) groups is 3. The summed E-state index contributed by atoms with van der Waals surface area (Å²) in [6, 6.07) is 22.3. The van der Waals surface area contributed by atoms with Gasteiger partial charge < -0.3 is 14.8 Å². The van der Waals surface area contributed by atoms with E-state index < -0.39 is 17.1 Å². The Morgan fingerprint density at radius 3 is 2.39 bits per heavy atom. The number of aryl methyl sites for hydroxylation is 2. The van der Waals surface area contributed by atoms with Crippen LogP contribution in [0.3, 0.4) is 0 Å². The second-order valence-corrected chi connectivity index (χ2v) is 9.21. The number of thioether (sulfide) groups is 1. The van der Waals surface area contributed by atoms with E-state index >= 15 is 0 Å². The van der Waals surface area contributed by atoms with Crippen LogP contribution in [0.2, 0.25) is 0 Å². The van der Waals surface area contributed by atoms with E-state index in [2.05, 4.69) is 5.32 Å². The van der Waals surface area contributed by atoms with Gasteiger partial charge in [-0.3, -0.25) is 19.3 Å². The number of benzene rings is 3. The largest absolute Gasteiger partial charge is 0.490 e. The summed E-state index contributed by atoms with van der Waals surface area (Å²) in [6.45, 7) is 4.24. The average molecular weight is 503 g/mol. The van der Waals surface area contributed by atoms with Crippen molar-refractivity contribution in [2.75, 3.05) is 25.1 Å². The molecular weight excluding hydrogens is 476 g/mol. The molecule has 0 atom stereocenters. The molecule has 0 aromatic heterocycles. The van der Waals surface area contributed by atoms with Crippen LogP contribution in [0, 0.1) is 13.8 Å². The third kappa shape index (κ3) is 6.55. The van der Waals surface area contributed by atoms with Crippen LogP contribution < -0.4 is 14.8 Å². The van der Waals surface area contributed by atoms with Gasteiger partial charge >= 0.3 is 0 Å². The van der Waals surface area contributed by atoms with Crippen molar-refractivity contribution in [3.63, 3.8) is 0 Å². The van der Waals surface area contributed by atoms with Crippen molar-refractivity contribution in [3.05, 3.63) is 94.4 Å². The van der Waals surface area contributed by atoms with Crippen molar-refractivity contribution in [2.24, 2.45) is 0 Å². The Morgan fingerprint density at radius 1 is 0.917 bits per heavy atom. The number of ether oxygens (including phenoxy) is 2. The highest BCUT2D eigenvalue weighted by Gasteiger charge is 2.36. The van der Waals surface area contributed by atoms with E-state index in [1.165, 1.54) is 0 Å². The molecular formula is C28H26N2O5S. The van der Waals surface area contributed by atoms with Gasteiger partial charge in [-0.1, -0.05) is 48.0 Å². The fourth-order valence-corrected chi connectivity index (χ4v) is 4.44. The van der Waals surface area contributed by atoms with Gasteiger partial charge in [-0.05, 0) is 73.1 Å². The fraction of sp³-hybridized carbons (Fsp3) is 0.179. The van der Waals surface area contributed by atoms with Crippen LogP contribution in [-0.4, -0.2) is 41.7 Å². The molecule has 0 saturated carbocycles. The first-order chi connectivity index (χ1) is 17.4. The summed E-state index contributed by atoms with van der Waals surface area (Å²) >= 11 is 0.813. The molecule has 1 fully saturated rings. The number of nitrogens with one attached hydrogen (secondary N) is 1. The fourth-order valence-electron chi connectivity index (χ4n) is 3.60. The predicted molar refractivity (Wildman–Crippen MR) is 141 cm³/mol. The van der Waals surface area contributed by atoms with Crippen LogP contribution in [0.4, 0.5) is 10.5 Å². The molecule has 0 aliphatic carbocycles. The predicted octanol–water partition coefficient (Wildman–Crippen LogP) is 5.44. The molecule has 0 radical (unpaired) electrons. The average Bonchev–Trinajstić information content (AvgIpc) is 3.12. The molecule has 4 rings (SSSR count). The first-order valence-electron chi connectivity index (χ1n) is 11.4. The maximum atomic E-state index is 12.8. The molecule has 184 valence electrons. The Hall–Kier alpha value is -4.04. The summed E-state index contributed by atoms with van der Waals surface area (Å²) in [6.07, 6.45) is 1.63. The third-order valence-electron chi connectivity index (χ3n) is 5.35. The van der Waals surface area contributed by atoms with Crippen LogP contribution in [0.1, 0.15) is 16.7 Å². The number of imide groups is 1. The summed E-state index contributed by atoms with van der Waals surface area (Å²) in [5, 5.41) is 2.29. The third-order valence-corrected chi connectivity index (χ3v) is 6.26. The molecule has 8 heteroatoms. The molecule has 1 saturated heterocycles. The molecule has 3 amide bonds. The monoisotopic (exact) mass is 502 g/mol. The van der Waals surface area contributed by atoms with Crippen LogP contribution in [0.15, 0.2) is 77.7 Å². The van der Waals surface area contributed by atoms with Crippen LogP contribution in [0.5, 0.6) is 11.5 Å². The van der Waals surface area contributed by atoms with Crippen molar-refractivity contribution in [3.8, 4) is 11.5 Å². The summed E-state index contributed by atoms with van der Waals surface area (Å²) in [5.74, 6) is 0.461. The zero-order valence-electron chi connectivity index (χ0n) is 20.0. The van der Waals surface area contributed by atoms with Gasteiger partial charge in [0.1, 0.15) is 31.3 Å². The Balaban J connectivity index is 1.33. The number of amides is 3. The summed E-state index contributed by atoms with van der Waals surface area (Å²) < 4.78 is 11.4. The normalized spacial score (nSPS) is 14.3. The number of carbonyl (C=O) groups excluding carboxylic acids is 3. The van der Waals surface area contributed by atoms with E-state index in [9.17, 15) is 14.4 Å². The van der Waals surface area contributed by atoms with E-state index in [0.29, 0.717) is 30.2 Å². The van der Waals surface area contributed by atoms with E-state index in [1.807, 2.05) is 68.4 Å². The van der Waals surface area contributed by atoms with Crippen molar-refractivity contribution < 1.29 is 23.9 Å². The maximum Gasteiger partial charge on any atom is 0.294 e. The van der Waals surface area contributed by atoms with E-state index in [1.54, 1.807) is 24.3 Å². The lowest BCUT2D eigenvalue weighted by atomic mass is 10.1. The number of para-hydroxylation sites is 1. The minimum absolute atomic E-state index is 0.254. The molecule has 1 aliphatic rings. The van der Waals surface area contributed by atoms with Crippen molar-refractivity contribution in [1.82, 2.24) is 4.90 Å². The van der Waals surface area contributed by atoms with Crippen LogP contribution >= 0.6 is 11.8 Å². The molecule has 7 nitrogen and oxygen atoms in total. The first kappa shape index (κ1) is 25.1. The number of hydrogen-bond acceptors (Lipinski definition) is 6. The van der Waals surface area contributed by atoms with E-state index in [-0.39, 0.29) is 11.4 Å². The standard InChI is InChI=1S/C28H26N2O5S/c1-19-11-12-24(20(2)15-19)29-26(31)18-30-27(32)25(36-28(30)33)17-21-7-6-10-23(16-21)35-14-13-34-22-8-4-3-5-9-22/h3-12,15-17H,13-14,18H2,1-2H3,(H,29,31)/b25-17+. The Bertz CT molecular complexity index is 1310. The van der Waals surface area contributed by atoms with Crippen LogP contribution in [-0.2, 0) is 9.59 Å². The molecule has 3 aromatic carbocycles. The number of rotatable bonds is 9. The molecule has 1 heterocycles. The van der Waals surface area contributed by atoms with Crippen molar-refractivity contribution in [1.29, 1.82) is 0 Å². The van der Waals surface area contributed by atoms with Crippen LogP contribution in [0.25, 0.3) is 6.08 Å². The van der Waals surface area contributed by atoms with Crippen molar-refractivity contribution in [2.45, 2.75) is 13.8 Å². The molecule has 0 bridgehead atoms. The number of hydrogen-bond donors (Lipinski definition) is 1. The van der Waals surface area contributed by atoms with E-state index in [0.717, 1.165) is 33.5 Å². The molecule has 0 unspecified atom stereocenters. The lowest BCUT2D eigenvalue weighted by molar-refractivity contribution is -0.127. The lowest BCUT2D eigenvalue weighted by Gasteiger charge is -2.14. The Kier molecular flexibility index (Phi) is 8.07.